The minimum Gasteiger partial charge on any atom is -0.396 e. The molecule has 2 aromatic rings. The number of H-pyrrole nitrogens is 1. The molecule has 1 atom stereocenters. The number of amides is 1. The number of aromatic amines is 1. The van der Waals surface area contributed by atoms with Crippen LogP contribution in [0.25, 0.3) is 0 Å². The Kier molecular flexibility index (Phi) is 5.55. The van der Waals surface area contributed by atoms with Crippen molar-refractivity contribution in [2.75, 3.05) is 26.2 Å². The summed E-state index contributed by atoms with van der Waals surface area (Å²) >= 11 is 0. The number of rotatable bonds is 5. The minimum atomic E-state index is -0.0666. The molecular weight excluding hydrogens is 340 g/mol. The number of hydrogen-bond acceptors (Lipinski definition) is 4. The molecule has 1 unspecified atom stereocenters. The lowest BCUT2D eigenvalue weighted by Gasteiger charge is -2.43. The van der Waals surface area contributed by atoms with Gasteiger partial charge in [-0.05, 0) is 24.3 Å². The number of aromatic nitrogens is 2. The van der Waals surface area contributed by atoms with Crippen LogP contribution in [0.1, 0.15) is 42.3 Å². The summed E-state index contributed by atoms with van der Waals surface area (Å²) in [6, 6.07) is 10.9. The van der Waals surface area contributed by atoms with Crippen LogP contribution in [-0.2, 0) is 17.8 Å². The molecule has 4 rings (SSSR count). The summed E-state index contributed by atoms with van der Waals surface area (Å²) in [6.45, 7) is 3.45. The predicted molar refractivity (Wildman–Crippen MR) is 103 cm³/mol. The zero-order valence-corrected chi connectivity index (χ0v) is 15.7. The van der Waals surface area contributed by atoms with Gasteiger partial charge < -0.3 is 15.0 Å². The number of carbonyl (C=O) groups excluding carboxylic acids is 1. The maximum Gasteiger partial charge on any atom is 0.224 e. The Hall–Kier alpha value is -2.18. The van der Waals surface area contributed by atoms with E-state index in [0.29, 0.717) is 12.0 Å². The Balaban J connectivity index is 1.50. The van der Waals surface area contributed by atoms with Gasteiger partial charge in [-0.3, -0.25) is 9.69 Å². The Bertz CT molecular complexity index is 753. The first kappa shape index (κ1) is 18.2. The van der Waals surface area contributed by atoms with E-state index in [-0.39, 0.29) is 18.9 Å². The second-order valence-corrected chi connectivity index (χ2v) is 7.61. The van der Waals surface area contributed by atoms with Crippen LogP contribution in [0, 0.1) is 5.92 Å². The Morgan fingerprint density at radius 3 is 2.70 bits per heavy atom. The number of hydrogen-bond donors (Lipinski definition) is 2. The standard InChI is InChI=1S/C21H28N4O2/c26-13-9-19(27)24-10-6-17(7-11-24)21-20-18(22-15-23-20)8-12-25(21)14-16-4-2-1-3-5-16/h1-5,15,17,21,26H,6-14H2,(H,22,23). The van der Waals surface area contributed by atoms with Crippen LogP contribution in [0.3, 0.4) is 0 Å². The average molecular weight is 368 g/mol. The van der Waals surface area contributed by atoms with Crippen molar-refractivity contribution in [3.05, 3.63) is 53.6 Å². The van der Waals surface area contributed by atoms with E-state index < -0.39 is 0 Å². The summed E-state index contributed by atoms with van der Waals surface area (Å²) in [6.07, 6.45) is 5.03. The molecule has 2 aliphatic rings. The molecule has 6 heteroatoms. The normalized spacial score (nSPS) is 21.2. The zero-order valence-electron chi connectivity index (χ0n) is 15.7. The monoisotopic (exact) mass is 368 g/mol. The van der Waals surface area contributed by atoms with Crippen molar-refractivity contribution in [1.29, 1.82) is 0 Å². The molecule has 0 aliphatic carbocycles. The van der Waals surface area contributed by atoms with Gasteiger partial charge in [-0.1, -0.05) is 30.3 Å². The first-order valence-electron chi connectivity index (χ1n) is 9.95. The number of nitrogens with one attached hydrogen (secondary N) is 1. The van der Waals surface area contributed by atoms with Crippen molar-refractivity contribution in [2.24, 2.45) is 5.92 Å². The topological polar surface area (TPSA) is 72.5 Å². The first-order chi connectivity index (χ1) is 13.3. The second-order valence-electron chi connectivity index (χ2n) is 7.61. The molecule has 2 aliphatic heterocycles. The molecule has 0 radical (unpaired) electrons. The van der Waals surface area contributed by atoms with Crippen molar-refractivity contribution < 1.29 is 9.90 Å². The maximum atomic E-state index is 12.1. The minimum absolute atomic E-state index is 0.0666. The summed E-state index contributed by atoms with van der Waals surface area (Å²) in [4.78, 5) is 24.6. The van der Waals surface area contributed by atoms with Crippen LogP contribution in [-0.4, -0.2) is 57.0 Å². The van der Waals surface area contributed by atoms with Gasteiger partial charge in [0.15, 0.2) is 0 Å². The van der Waals surface area contributed by atoms with Gasteiger partial charge in [0.25, 0.3) is 0 Å². The number of fused-ring (bicyclic) bond motifs is 1. The molecule has 0 spiro atoms. The maximum absolute atomic E-state index is 12.1. The van der Waals surface area contributed by atoms with Crippen molar-refractivity contribution in [3.8, 4) is 0 Å². The number of piperidine rings is 1. The smallest absolute Gasteiger partial charge is 0.224 e. The lowest BCUT2D eigenvalue weighted by Crippen LogP contribution is -2.45. The fourth-order valence-electron chi connectivity index (χ4n) is 4.59. The third-order valence-electron chi connectivity index (χ3n) is 5.97. The molecule has 0 saturated carbocycles. The molecule has 2 N–H and O–H groups in total. The van der Waals surface area contributed by atoms with Crippen LogP contribution in [0.4, 0.5) is 0 Å². The molecule has 1 fully saturated rings. The van der Waals surface area contributed by atoms with Crippen molar-refractivity contribution >= 4 is 5.91 Å². The van der Waals surface area contributed by atoms with Crippen LogP contribution < -0.4 is 0 Å². The molecule has 0 bridgehead atoms. The zero-order chi connectivity index (χ0) is 18.6. The van der Waals surface area contributed by atoms with E-state index in [9.17, 15) is 4.79 Å². The lowest BCUT2D eigenvalue weighted by atomic mass is 9.83. The highest BCUT2D eigenvalue weighted by Crippen LogP contribution is 2.39. The summed E-state index contributed by atoms with van der Waals surface area (Å²) in [5, 5.41) is 9.02. The fourth-order valence-corrected chi connectivity index (χ4v) is 4.59. The highest BCUT2D eigenvalue weighted by Gasteiger charge is 2.37. The number of carbonyl (C=O) groups is 1. The molecule has 3 heterocycles. The lowest BCUT2D eigenvalue weighted by molar-refractivity contribution is -0.133. The SMILES string of the molecule is O=C(CCO)N1CCC(C2c3nc[nH]c3CCN2Cc2ccccc2)CC1. The highest BCUT2D eigenvalue weighted by atomic mass is 16.3. The van der Waals surface area contributed by atoms with E-state index in [1.165, 1.54) is 17.0 Å². The number of benzene rings is 1. The van der Waals surface area contributed by atoms with Gasteiger partial charge in [0, 0.05) is 44.7 Å². The van der Waals surface area contributed by atoms with E-state index in [4.69, 9.17) is 5.11 Å². The Labute approximate surface area is 160 Å². The fraction of sp³-hybridized carbons (Fsp3) is 0.524. The van der Waals surface area contributed by atoms with Gasteiger partial charge in [-0.25, -0.2) is 4.98 Å². The molecular formula is C21H28N4O2. The third-order valence-corrected chi connectivity index (χ3v) is 5.97. The highest BCUT2D eigenvalue weighted by molar-refractivity contribution is 5.76. The van der Waals surface area contributed by atoms with E-state index in [1.54, 1.807) is 0 Å². The van der Waals surface area contributed by atoms with Crippen LogP contribution in [0.2, 0.25) is 0 Å². The van der Waals surface area contributed by atoms with E-state index in [0.717, 1.165) is 45.4 Å². The number of nitrogens with zero attached hydrogens (tertiary/aromatic N) is 3. The molecule has 1 aromatic carbocycles. The molecule has 27 heavy (non-hydrogen) atoms. The van der Waals surface area contributed by atoms with Crippen LogP contribution in [0.5, 0.6) is 0 Å². The van der Waals surface area contributed by atoms with Crippen molar-refractivity contribution in [3.63, 3.8) is 0 Å². The summed E-state index contributed by atoms with van der Waals surface area (Å²) in [5.41, 5.74) is 3.79. The van der Waals surface area contributed by atoms with E-state index in [1.807, 2.05) is 11.2 Å². The number of aliphatic hydroxyl groups excluding tert-OH is 1. The van der Waals surface area contributed by atoms with Crippen molar-refractivity contribution in [1.82, 2.24) is 19.8 Å². The second kappa shape index (κ2) is 8.23. The quantitative estimate of drug-likeness (QED) is 0.848. The van der Waals surface area contributed by atoms with Crippen molar-refractivity contribution in [2.45, 2.75) is 38.3 Å². The molecule has 1 aromatic heterocycles. The Morgan fingerprint density at radius 2 is 1.96 bits per heavy atom. The van der Waals surface area contributed by atoms with Gasteiger partial charge in [-0.2, -0.15) is 0 Å². The molecule has 1 saturated heterocycles. The Morgan fingerprint density at radius 1 is 1.19 bits per heavy atom. The van der Waals surface area contributed by atoms with Gasteiger partial charge >= 0.3 is 0 Å². The van der Waals surface area contributed by atoms with Gasteiger partial charge in [0.05, 0.1) is 24.7 Å². The number of aliphatic hydroxyl groups is 1. The molecule has 6 nitrogen and oxygen atoms in total. The largest absolute Gasteiger partial charge is 0.396 e. The van der Waals surface area contributed by atoms with E-state index >= 15 is 0 Å². The van der Waals surface area contributed by atoms with E-state index in [2.05, 4.69) is 45.2 Å². The van der Waals surface area contributed by atoms with Gasteiger partial charge in [-0.15, -0.1) is 0 Å². The van der Waals surface area contributed by atoms with Gasteiger partial charge in [0.2, 0.25) is 5.91 Å². The number of likely N-dealkylation sites (tertiary alicyclic amines) is 1. The number of imidazole rings is 1. The summed E-state index contributed by atoms with van der Waals surface area (Å²) in [5.74, 6) is 0.565. The first-order valence-corrected chi connectivity index (χ1v) is 9.95. The van der Waals surface area contributed by atoms with Gasteiger partial charge in [0.1, 0.15) is 0 Å². The van der Waals surface area contributed by atoms with Crippen LogP contribution in [0.15, 0.2) is 36.7 Å². The predicted octanol–water partition coefficient (Wildman–Crippen LogP) is 2.13. The average Bonchev–Trinajstić information content (AvgIpc) is 3.18. The summed E-state index contributed by atoms with van der Waals surface area (Å²) < 4.78 is 0. The third kappa shape index (κ3) is 3.92. The molecule has 1 amide bonds. The van der Waals surface area contributed by atoms with Crippen LogP contribution >= 0.6 is 0 Å². The molecule has 144 valence electrons. The summed E-state index contributed by atoms with van der Waals surface area (Å²) in [7, 11) is 0.